The molecular weight excluding hydrogens is 316 g/mol. The normalized spacial score (nSPS) is 10.7. The van der Waals surface area contributed by atoms with E-state index in [-0.39, 0.29) is 0 Å². The van der Waals surface area contributed by atoms with E-state index in [4.69, 9.17) is 10.3 Å². The molecule has 1 heterocycles. The van der Waals surface area contributed by atoms with Gasteiger partial charge in [-0.2, -0.15) is 0 Å². The van der Waals surface area contributed by atoms with Crippen molar-refractivity contribution in [3.8, 4) is 22.5 Å². The first-order chi connectivity index (χ1) is 9.66. The third-order valence-electron chi connectivity index (χ3n) is 3.20. The molecule has 2 aromatic carbocycles. The van der Waals surface area contributed by atoms with Crippen LogP contribution in [0.4, 0.5) is 5.82 Å². The summed E-state index contributed by atoms with van der Waals surface area (Å²) in [5.74, 6) is 1.11. The first kappa shape index (κ1) is 12.9. The van der Waals surface area contributed by atoms with Gasteiger partial charge in [-0.05, 0) is 36.2 Å². The molecule has 0 amide bonds. The molecule has 0 aliphatic rings. The van der Waals surface area contributed by atoms with E-state index >= 15 is 0 Å². The SMILES string of the molecule is Cc1cc(-c2onc(N)c2-c2ccccc2)ccc1Br. The summed E-state index contributed by atoms with van der Waals surface area (Å²) in [6.45, 7) is 2.04. The molecule has 3 rings (SSSR count). The molecule has 0 aliphatic carbocycles. The molecule has 0 aliphatic heterocycles. The minimum atomic E-state index is 0.409. The highest BCUT2D eigenvalue weighted by Gasteiger charge is 2.17. The summed E-state index contributed by atoms with van der Waals surface area (Å²) in [4.78, 5) is 0. The molecule has 0 saturated carbocycles. The lowest BCUT2D eigenvalue weighted by molar-refractivity contribution is 0.436. The standard InChI is InChI=1S/C16H13BrN2O/c1-10-9-12(7-8-13(10)17)15-14(16(18)19-20-15)11-5-3-2-4-6-11/h2-9H,1H3,(H2,18,19). The second kappa shape index (κ2) is 5.13. The fourth-order valence-electron chi connectivity index (χ4n) is 2.17. The number of anilines is 1. The van der Waals surface area contributed by atoms with Gasteiger partial charge in [-0.25, -0.2) is 0 Å². The Hall–Kier alpha value is -2.07. The molecule has 3 nitrogen and oxygen atoms in total. The zero-order chi connectivity index (χ0) is 14.1. The van der Waals surface area contributed by atoms with Gasteiger partial charge in [-0.15, -0.1) is 0 Å². The Balaban J connectivity index is 2.18. The fourth-order valence-corrected chi connectivity index (χ4v) is 2.42. The number of nitrogen functional groups attached to an aromatic ring is 1. The maximum Gasteiger partial charge on any atom is 0.176 e. The molecule has 0 bridgehead atoms. The molecule has 0 saturated heterocycles. The smallest absolute Gasteiger partial charge is 0.176 e. The van der Waals surface area contributed by atoms with Crippen LogP contribution in [0.25, 0.3) is 22.5 Å². The monoisotopic (exact) mass is 328 g/mol. The van der Waals surface area contributed by atoms with Crippen LogP contribution < -0.4 is 5.73 Å². The maximum atomic E-state index is 5.96. The van der Waals surface area contributed by atoms with Gasteiger partial charge < -0.3 is 10.3 Å². The number of aryl methyl sites for hydroxylation is 1. The van der Waals surface area contributed by atoms with E-state index in [1.54, 1.807) is 0 Å². The summed E-state index contributed by atoms with van der Waals surface area (Å²) in [5, 5.41) is 3.91. The topological polar surface area (TPSA) is 52.0 Å². The van der Waals surface area contributed by atoms with Crippen molar-refractivity contribution in [2.45, 2.75) is 6.92 Å². The molecule has 4 heteroatoms. The van der Waals surface area contributed by atoms with Gasteiger partial charge in [0.2, 0.25) is 0 Å². The summed E-state index contributed by atoms with van der Waals surface area (Å²) in [7, 11) is 0. The third kappa shape index (κ3) is 2.23. The number of halogens is 1. The van der Waals surface area contributed by atoms with Gasteiger partial charge in [0.05, 0.1) is 5.56 Å². The zero-order valence-electron chi connectivity index (χ0n) is 10.9. The van der Waals surface area contributed by atoms with Crippen LogP contribution in [0, 0.1) is 6.92 Å². The van der Waals surface area contributed by atoms with Gasteiger partial charge in [0.25, 0.3) is 0 Å². The van der Waals surface area contributed by atoms with Crippen LogP contribution in [0.3, 0.4) is 0 Å². The van der Waals surface area contributed by atoms with Crippen molar-refractivity contribution < 1.29 is 4.52 Å². The molecule has 0 unspecified atom stereocenters. The lowest BCUT2D eigenvalue weighted by atomic mass is 10.0. The van der Waals surface area contributed by atoms with Crippen LogP contribution in [-0.2, 0) is 0 Å². The van der Waals surface area contributed by atoms with Gasteiger partial charge in [-0.1, -0.05) is 51.4 Å². The highest BCUT2D eigenvalue weighted by atomic mass is 79.9. The summed E-state index contributed by atoms with van der Waals surface area (Å²) >= 11 is 3.50. The highest BCUT2D eigenvalue weighted by Crippen LogP contribution is 2.37. The Labute approximate surface area is 125 Å². The molecule has 3 aromatic rings. The number of rotatable bonds is 2. The molecule has 0 spiro atoms. The third-order valence-corrected chi connectivity index (χ3v) is 4.09. The second-order valence-corrected chi connectivity index (χ2v) is 5.46. The average Bonchev–Trinajstić information content (AvgIpc) is 2.85. The summed E-state index contributed by atoms with van der Waals surface area (Å²) in [6, 6.07) is 15.9. The van der Waals surface area contributed by atoms with E-state index in [0.29, 0.717) is 11.6 Å². The van der Waals surface area contributed by atoms with Gasteiger partial charge >= 0.3 is 0 Å². The van der Waals surface area contributed by atoms with E-state index < -0.39 is 0 Å². The van der Waals surface area contributed by atoms with Crippen LogP contribution in [0.2, 0.25) is 0 Å². The van der Waals surface area contributed by atoms with Gasteiger partial charge in [-0.3, -0.25) is 0 Å². The van der Waals surface area contributed by atoms with Crippen molar-refractivity contribution >= 4 is 21.7 Å². The summed E-state index contributed by atoms with van der Waals surface area (Å²) in [6.07, 6.45) is 0. The molecule has 1 aromatic heterocycles. The van der Waals surface area contributed by atoms with Gasteiger partial charge in [0.15, 0.2) is 11.6 Å². The molecule has 0 radical (unpaired) electrons. The zero-order valence-corrected chi connectivity index (χ0v) is 12.5. The Bertz CT molecular complexity index is 750. The Morgan fingerprint density at radius 2 is 1.80 bits per heavy atom. The first-order valence-electron chi connectivity index (χ1n) is 6.24. The molecule has 100 valence electrons. The number of benzene rings is 2. The molecule has 0 atom stereocenters. The van der Waals surface area contributed by atoms with Crippen LogP contribution in [-0.4, -0.2) is 5.16 Å². The van der Waals surface area contributed by atoms with E-state index in [2.05, 4.69) is 27.2 Å². The second-order valence-electron chi connectivity index (χ2n) is 4.60. The van der Waals surface area contributed by atoms with E-state index in [1.807, 2.05) is 49.4 Å². The minimum Gasteiger partial charge on any atom is -0.380 e. The Kier molecular flexibility index (Phi) is 3.32. The molecule has 20 heavy (non-hydrogen) atoms. The van der Waals surface area contributed by atoms with Gasteiger partial charge in [0.1, 0.15) is 0 Å². The van der Waals surface area contributed by atoms with Crippen molar-refractivity contribution in [3.63, 3.8) is 0 Å². The van der Waals surface area contributed by atoms with Crippen molar-refractivity contribution in [1.29, 1.82) is 0 Å². The van der Waals surface area contributed by atoms with Crippen LogP contribution in [0.5, 0.6) is 0 Å². The maximum absolute atomic E-state index is 5.96. The average molecular weight is 329 g/mol. The van der Waals surface area contributed by atoms with Crippen molar-refractivity contribution in [1.82, 2.24) is 5.16 Å². The molecule has 2 N–H and O–H groups in total. The number of aromatic nitrogens is 1. The van der Waals surface area contributed by atoms with E-state index in [9.17, 15) is 0 Å². The molecular formula is C16H13BrN2O. The molecule has 0 fully saturated rings. The van der Waals surface area contributed by atoms with Crippen LogP contribution in [0.1, 0.15) is 5.56 Å². The minimum absolute atomic E-state index is 0.409. The van der Waals surface area contributed by atoms with E-state index in [0.717, 1.165) is 26.7 Å². The fraction of sp³-hybridized carbons (Fsp3) is 0.0625. The lowest BCUT2D eigenvalue weighted by Crippen LogP contribution is -1.89. The Morgan fingerprint density at radius 3 is 2.50 bits per heavy atom. The van der Waals surface area contributed by atoms with Crippen molar-refractivity contribution in [2.24, 2.45) is 0 Å². The number of nitrogens with zero attached hydrogens (tertiary/aromatic N) is 1. The number of hydrogen-bond donors (Lipinski definition) is 1. The van der Waals surface area contributed by atoms with Crippen molar-refractivity contribution in [2.75, 3.05) is 5.73 Å². The Morgan fingerprint density at radius 1 is 1.05 bits per heavy atom. The quantitative estimate of drug-likeness (QED) is 0.744. The number of hydrogen-bond acceptors (Lipinski definition) is 3. The van der Waals surface area contributed by atoms with Gasteiger partial charge in [0, 0.05) is 10.0 Å². The summed E-state index contributed by atoms with van der Waals surface area (Å²) < 4.78 is 6.51. The summed E-state index contributed by atoms with van der Waals surface area (Å²) in [5.41, 5.74) is 9.91. The predicted octanol–water partition coefficient (Wildman–Crippen LogP) is 4.66. The number of nitrogens with two attached hydrogens (primary N) is 1. The predicted molar refractivity (Wildman–Crippen MR) is 84.2 cm³/mol. The highest BCUT2D eigenvalue weighted by molar-refractivity contribution is 9.10. The van der Waals surface area contributed by atoms with E-state index in [1.165, 1.54) is 0 Å². The van der Waals surface area contributed by atoms with Crippen LogP contribution >= 0.6 is 15.9 Å². The lowest BCUT2D eigenvalue weighted by Gasteiger charge is -2.04. The van der Waals surface area contributed by atoms with Crippen molar-refractivity contribution in [3.05, 3.63) is 58.6 Å². The largest absolute Gasteiger partial charge is 0.380 e. The van der Waals surface area contributed by atoms with Crippen LogP contribution in [0.15, 0.2) is 57.5 Å². The first-order valence-corrected chi connectivity index (χ1v) is 7.03.